The van der Waals surface area contributed by atoms with Crippen LogP contribution in [0.2, 0.25) is 5.02 Å². The van der Waals surface area contributed by atoms with Crippen LogP contribution in [0.1, 0.15) is 15.9 Å². The molecule has 0 saturated carbocycles. The van der Waals surface area contributed by atoms with Gasteiger partial charge in [0, 0.05) is 29.1 Å². The van der Waals surface area contributed by atoms with Gasteiger partial charge in [0.2, 0.25) is 5.91 Å². The average Bonchev–Trinajstić information content (AvgIpc) is 2.68. The lowest BCUT2D eigenvalue weighted by Crippen LogP contribution is -2.12. The van der Waals surface area contributed by atoms with Gasteiger partial charge in [-0.15, -0.1) is 0 Å². The zero-order valence-electron chi connectivity index (χ0n) is 14.1. The van der Waals surface area contributed by atoms with Gasteiger partial charge >= 0.3 is 5.97 Å². The number of nitrogens with one attached hydrogen (secondary N) is 1. The van der Waals surface area contributed by atoms with E-state index >= 15 is 0 Å². The second-order valence-electron chi connectivity index (χ2n) is 5.68. The monoisotopic (exact) mass is 378 g/mol. The van der Waals surface area contributed by atoms with E-state index in [4.69, 9.17) is 11.6 Å². The molecule has 3 rings (SSSR count). The molecule has 134 valence electrons. The Hall–Kier alpha value is -3.44. The normalized spacial score (nSPS) is 10.7. The molecule has 3 aromatic rings. The standard InChI is InChI=1S/C21H15ClN2O3/c22-17-7-8-19(18(12-17)21(26)27)24-20(25)9-6-14-3-1-4-15(11-14)16-5-2-10-23-13-16/h1-13H,(H,24,25)(H,26,27). The van der Waals surface area contributed by atoms with E-state index in [1.165, 1.54) is 24.3 Å². The lowest BCUT2D eigenvalue weighted by molar-refractivity contribution is -0.111. The van der Waals surface area contributed by atoms with Crippen LogP contribution < -0.4 is 5.32 Å². The minimum Gasteiger partial charge on any atom is -0.478 e. The summed E-state index contributed by atoms with van der Waals surface area (Å²) in [7, 11) is 0. The van der Waals surface area contributed by atoms with E-state index in [-0.39, 0.29) is 16.3 Å². The Bertz CT molecular complexity index is 1020. The van der Waals surface area contributed by atoms with E-state index in [1.807, 2.05) is 36.4 Å². The molecule has 0 saturated heterocycles. The van der Waals surface area contributed by atoms with E-state index in [0.29, 0.717) is 0 Å². The topological polar surface area (TPSA) is 79.3 Å². The number of amides is 1. The van der Waals surface area contributed by atoms with Crippen LogP contribution in [0.15, 0.2) is 73.1 Å². The third kappa shape index (κ3) is 4.80. The summed E-state index contributed by atoms with van der Waals surface area (Å²) in [5.74, 6) is -1.60. The number of carbonyl (C=O) groups excluding carboxylic acids is 1. The maximum atomic E-state index is 12.2. The van der Waals surface area contributed by atoms with Crippen LogP contribution in [0.4, 0.5) is 5.69 Å². The van der Waals surface area contributed by atoms with E-state index in [2.05, 4.69) is 10.3 Å². The number of aromatic carboxylic acids is 1. The molecule has 5 nitrogen and oxygen atoms in total. The molecule has 0 fully saturated rings. The van der Waals surface area contributed by atoms with Gasteiger partial charge in [-0.2, -0.15) is 0 Å². The molecule has 1 amide bonds. The van der Waals surface area contributed by atoms with Crippen molar-refractivity contribution in [2.24, 2.45) is 0 Å². The van der Waals surface area contributed by atoms with E-state index < -0.39 is 11.9 Å². The number of hydrogen-bond donors (Lipinski definition) is 2. The maximum absolute atomic E-state index is 12.2. The third-order valence-electron chi connectivity index (χ3n) is 3.78. The van der Waals surface area contributed by atoms with Crippen molar-refractivity contribution in [2.45, 2.75) is 0 Å². The molecule has 6 heteroatoms. The number of hydrogen-bond acceptors (Lipinski definition) is 3. The zero-order valence-corrected chi connectivity index (χ0v) is 14.9. The fourth-order valence-corrected chi connectivity index (χ4v) is 2.68. The summed E-state index contributed by atoms with van der Waals surface area (Å²) in [6.07, 6.45) is 6.48. The molecule has 0 atom stereocenters. The van der Waals surface area contributed by atoms with E-state index in [1.54, 1.807) is 18.5 Å². The SMILES string of the molecule is O=C(C=Cc1cccc(-c2cccnc2)c1)Nc1ccc(Cl)cc1C(=O)O. The Kier molecular flexibility index (Phi) is 5.64. The molecule has 27 heavy (non-hydrogen) atoms. The van der Waals surface area contributed by atoms with Crippen molar-refractivity contribution >= 4 is 35.2 Å². The molecule has 1 heterocycles. The van der Waals surface area contributed by atoms with Gasteiger partial charge in [0.05, 0.1) is 11.3 Å². The second-order valence-corrected chi connectivity index (χ2v) is 6.12. The van der Waals surface area contributed by atoms with Gasteiger partial charge in [-0.1, -0.05) is 35.9 Å². The van der Waals surface area contributed by atoms with Crippen LogP contribution in [0, 0.1) is 0 Å². The van der Waals surface area contributed by atoms with Crippen molar-refractivity contribution < 1.29 is 14.7 Å². The lowest BCUT2D eigenvalue weighted by atomic mass is 10.0. The molecule has 0 aliphatic carbocycles. The van der Waals surface area contributed by atoms with Crippen molar-refractivity contribution in [1.29, 1.82) is 0 Å². The molecule has 0 aliphatic rings. The van der Waals surface area contributed by atoms with E-state index in [9.17, 15) is 14.7 Å². The number of anilines is 1. The molecule has 1 aromatic heterocycles. The van der Waals surface area contributed by atoms with Crippen LogP contribution in [-0.4, -0.2) is 22.0 Å². The van der Waals surface area contributed by atoms with Crippen LogP contribution >= 0.6 is 11.6 Å². The summed E-state index contributed by atoms with van der Waals surface area (Å²) in [6.45, 7) is 0. The van der Waals surface area contributed by atoms with Crippen molar-refractivity contribution in [2.75, 3.05) is 5.32 Å². The van der Waals surface area contributed by atoms with Crippen LogP contribution in [-0.2, 0) is 4.79 Å². The first-order valence-electron chi connectivity index (χ1n) is 8.05. The quantitative estimate of drug-likeness (QED) is 0.628. The van der Waals surface area contributed by atoms with Gasteiger partial charge in [-0.05, 0) is 47.5 Å². The minimum absolute atomic E-state index is 0.0668. The number of halogens is 1. The zero-order chi connectivity index (χ0) is 19.2. The second kappa shape index (κ2) is 8.29. The number of rotatable bonds is 5. The predicted octanol–water partition coefficient (Wildman–Crippen LogP) is 4.75. The van der Waals surface area contributed by atoms with Gasteiger partial charge in [0.1, 0.15) is 0 Å². The molecule has 0 aliphatic heterocycles. The molecule has 0 spiro atoms. The molecular formula is C21H15ClN2O3. The van der Waals surface area contributed by atoms with Crippen LogP contribution in [0.25, 0.3) is 17.2 Å². The largest absolute Gasteiger partial charge is 0.478 e. The first kappa shape index (κ1) is 18.4. The van der Waals surface area contributed by atoms with E-state index in [0.717, 1.165) is 16.7 Å². The van der Waals surface area contributed by atoms with Crippen molar-refractivity contribution in [3.63, 3.8) is 0 Å². The average molecular weight is 379 g/mol. The number of benzene rings is 2. The van der Waals surface area contributed by atoms with Crippen molar-refractivity contribution in [1.82, 2.24) is 4.98 Å². The lowest BCUT2D eigenvalue weighted by Gasteiger charge is -2.07. The van der Waals surface area contributed by atoms with Gasteiger partial charge in [0.15, 0.2) is 0 Å². The molecule has 0 bridgehead atoms. The summed E-state index contributed by atoms with van der Waals surface area (Å²) < 4.78 is 0. The molecule has 2 aromatic carbocycles. The Morgan fingerprint density at radius 2 is 1.85 bits per heavy atom. The molecule has 0 unspecified atom stereocenters. The van der Waals surface area contributed by atoms with Gasteiger partial charge in [-0.3, -0.25) is 9.78 Å². The van der Waals surface area contributed by atoms with Gasteiger partial charge < -0.3 is 10.4 Å². The highest BCUT2D eigenvalue weighted by Crippen LogP contribution is 2.22. The highest BCUT2D eigenvalue weighted by atomic mass is 35.5. The molecule has 2 N–H and O–H groups in total. The smallest absolute Gasteiger partial charge is 0.337 e. The fraction of sp³-hybridized carbons (Fsp3) is 0. The minimum atomic E-state index is -1.17. The third-order valence-corrected chi connectivity index (χ3v) is 4.01. The Labute approximate surface area is 161 Å². The summed E-state index contributed by atoms with van der Waals surface area (Å²) in [4.78, 5) is 27.5. The summed E-state index contributed by atoms with van der Waals surface area (Å²) in [5, 5.41) is 12.1. The predicted molar refractivity (Wildman–Crippen MR) is 106 cm³/mol. The highest BCUT2D eigenvalue weighted by Gasteiger charge is 2.12. The summed E-state index contributed by atoms with van der Waals surface area (Å²) >= 11 is 5.81. The Balaban J connectivity index is 1.75. The summed E-state index contributed by atoms with van der Waals surface area (Å²) in [5.41, 5.74) is 2.91. The van der Waals surface area contributed by atoms with Gasteiger partial charge in [-0.25, -0.2) is 4.79 Å². The highest BCUT2D eigenvalue weighted by molar-refractivity contribution is 6.31. The number of nitrogens with zero attached hydrogens (tertiary/aromatic N) is 1. The number of pyridine rings is 1. The maximum Gasteiger partial charge on any atom is 0.337 e. The first-order valence-corrected chi connectivity index (χ1v) is 8.43. The number of carboxylic acid groups (broad SMARTS) is 1. The molecule has 0 radical (unpaired) electrons. The fourth-order valence-electron chi connectivity index (χ4n) is 2.50. The van der Waals surface area contributed by atoms with Crippen LogP contribution in [0.3, 0.4) is 0 Å². The number of aromatic nitrogens is 1. The van der Waals surface area contributed by atoms with Crippen LogP contribution in [0.5, 0.6) is 0 Å². The van der Waals surface area contributed by atoms with Crippen molar-refractivity contribution in [3.05, 3.63) is 89.2 Å². The number of carboxylic acids is 1. The Morgan fingerprint density at radius 3 is 2.59 bits per heavy atom. The Morgan fingerprint density at radius 1 is 1.04 bits per heavy atom. The molecular weight excluding hydrogens is 364 g/mol. The first-order chi connectivity index (χ1) is 13.0. The summed E-state index contributed by atoms with van der Waals surface area (Å²) in [6, 6.07) is 15.7. The number of carbonyl (C=O) groups is 2. The van der Waals surface area contributed by atoms with Gasteiger partial charge in [0.25, 0.3) is 0 Å². The van der Waals surface area contributed by atoms with Crippen molar-refractivity contribution in [3.8, 4) is 11.1 Å².